The molecule has 4 heteroatoms. The summed E-state index contributed by atoms with van der Waals surface area (Å²) in [5, 5.41) is 8.63. The third-order valence-electron chi connectivity index (χ3n) is 2.08. The summed E-state index contributed by atoms with van der Waals surface area (Å²) in [5.41, 5.74) is 0.430. The Morgan fingerprint density at radius 1 is 1.28 bits per heavy atom. The monoisotopic (exact) mass is 252 g/mol. The molecule has 18 heavy (non-hydrogen) atoms. The molecule has 0 atom stereocenters. The molecular weight excluding hydrogens is 235 g/mol. The van der Waals surface area contributed by atoms with Crippen LogP contribution in [-0.2, 0) is 4.74 Å². The van der Waals surface area contributed by atoms with Gasteiger partial charge in [-0.05, 0) is 24.6 Å². The van der Waals surface area contributed by atoms with Gasteiger partial charge in [0.2, 0.25) is 0 Å². The quantitative estimate of drug-likeness (QED) is 0.621. The molecule has 0 spiro atoms. The molecule has 0 bridgehead atoms. The zero-order chi connectivity index (χ0) is 13.2. The van der Waals surface area contributed by atoms with Gasteiger partial charge in [-0.2, -0.15) is 0 Å². The van der Waals surface area contributed by atoms with Gasteiger partial charge >= 0.3 is 0 Å². The van der Waals surface area contributed by atoms with E-state index in [4.69, 9.17) is 14.6 Å². The lowest BCUT2D eigenvalue weighted by molar-refractivity contribution is 0.100. The van der Waals surface area contributed by atoms with Gasteiger partial charge in [0.25, 0.3) is 0 Å². The number of halogens is 1. The van der Waals surface area contributed by atoms with Crippen molar-refractivity contribution in [1.82, 2.24) is 0 Å². The molecule has 3 nitrogen and oxygen atoms in total. The molecule has 1 aromatic rings. The molecule has 0 aliphatic carbocycles. The summed E-state index contributed by atoms with van der Waals surface area (Å²) < 4.78 is 23.8. The summed E-state index contributed by atoms with van der Waals surface area (Å²) in [6, 6.07) is 4.12. The third-order valence-corrected chi connectivity index (χ3v) is 2.08. The standard InChI is InChI=1S/C14H17FO3/c1-2-8-17-9-10-18-14-6-5-13(15)11-12(14)4-3-7-16/h5-6,11,16H,2,7-10H2,1H3. The van der Waals surface area contributed by atoms with Gasteiger partial charge in [0.15, 0.2) is 0 Å². The van der Waals surface area contributed by atoms with Crippen molar-refractivity contribution in [2.75, 3.05) is 26.4 Å². The van der Waals surface area contributed by atoms with E-state index in [0.29, 0.717) is 31.1 Å². The largest absolute Gasteiger partial charge is 0.490 e. The molecule has 0 saturated heterocycles. The summed E-state index contributed by atoms with van der Waals surface area (Å²) in [4.78, 5) is 0. The predicted octanol–water partition coefficient (Wildman–Crippen LogP) is 1.97. The highest BCUT2D eigenvalue weighted by molar-refractivity contribution is 5.46. The van der Waals surface area contributed by atoms with E-state index >= 15 is 0 Å². The SMILES string of the molecule is CCCOCCOc1ccc(F)cc1C#CCO. The van der Waals surface area contributed by atoms with E-state index in [2.05, 4.69) is 11.8 Å². The van der Waals surface area contributed by atoms with Gasteiger partial charge in [-0.25, -0.2) is 4.39 Å². The van der Waals surface area contributed by atoms with E-state index in [1.54, 1.807) is 0 Å². The van der Waals surface area contributed by atoms with Crippen LogP contribution >= 0.6 is 0 Å². The van der Waals surface area contributed by atoms with Crippen molar-refractivity contribution in [3.8, 4) is 17.6 Å². The molecule has 0 unspecified atom stereocenters. The maximum atomic E-state index is 13.1. The minimum absolute atomic E-state index is 0.268. The Balaban J connectivity index is 2.58. The molecule has 0 aliphatic rings. The lowest BCUT2D eigenvalue weighted by atomic mass is 10.2. The van der Waals surface area contributed by atoms with Crippen LogP contribution in [0.1, 0.15) is 18.9 Å². The zero-order valence-electron chi connectivity index (χ0n) is 10.4. The van der Waals surface area contributed by atoms with Crippen molar-refractivity contribution in [2.24, 2.45) is 0 Å². The molecule has 1 aromatic carbocycles. The van der Waals surface area contributed by atoms with Gasteiger partial charge in [-0.3, -0.25) is 0 Å². The van der Waals surface area contributed by atoms with Crippen LogP contribution in [0.25, 0.3) is 0 Å². The fraction of sp³-hybridized carbons (Fsp3) is 0.429. The van der Waals surface area contributed by atoms with Gasteiger partial charge in [0, 0.05) is 6.61 Å². The molecule has 0 aromatic heterocycles. The number of benzene rings is 1. The number of aliphatic hydroxyl groups is 1. The van der Waals surface area contributed by atoms with Crippen LogP contribution in [0.4, 0.5) is 4.39 Å². The fourth-order valence-electron chi connectivity index (χ4n) is 1.32. The van der Waals surface area contributed by atoms with Crippen LogP contribution in [0.15, 0.2) is 18.2 Å². The molecule has 1 rings (SSSR count). The smallest absolute Gasteiger partial charge is 0.135 e. The van der Waals surface area contributed by atoms with Crippen molar-refractivity contribution in [3.63, 3.8) is 0 Å². The highest BCUT2D eigenvalue weighted by atomic mass is 19.1. The topological polar surface area (TPSA) is 38.7 Å². The van der Waals surface area contributed by atoms with E-state index in [-0.39, 0.29) is 12.4 Å². The van der Waals surface area contributed by atoms with Crippen LogP contribution in [0.5, 0.6) is 5.75 Å². The Morgan fingerprint density at radius 3 is 2.83 bits per heavy atom. The normalized spacial score (nSPS) is 9.72. The Kier molecular flexibility index (Phi) is 6.85. The van der Waals surface area contributed by atoms with Crippen LogP contribution in [0.2, 0.25) is 0 Å². The number of aliphatic hydroxyl groups excluding tert-OH is 1. The van der Waals surface area contributed by atoms with E-state index < -0.39 is 0 Å². The number of hydrogen-bond acceptors (Lipinski definition) is 3. The second-order valence-corrected chi connectivity index (χ2v) is 3.56. The maximum Gasteiger partial charge on any atom is 0.135 e. The second kappa shape index (κ2) is 8.51. The summed E-state index contributed by atoms with van der Waals surface area (Å²) >= 11 is 0. The van der Waals surface area contributed by atoms with Gasteiger partial charge in [-0.1, -0.05) is 18.8 Å². The molecule has 1 N–H and O–H groups in total. The lowest BCUT2D eigenvalue weighted by Gasteiger charge is -2.08. The van der Waals surface area contributed by atoms with Gasteiger partial charge in [0.1, 0.15) is 24.8 Å². The predicted molar refractivity (Wildman–Crippen MR) is 67.0 cm³/mol. The maximum absolute atomic E-state index is 13.1. The summed E-state index contributed by atoms with van der Waals surface area (Å²) in [6.07, 6.45) is 0.962. The zero-order valence-corrected chi connectivity index (χ0v) is 10.4. The van der Waals surface area contributed by atoms with Crippen LogP contribution in [0.3, 0.4) is 0 Å². The number of ether oxygens (including phenoxy) is 2. The summed E-state index contributed by atoms with van der Waals surface area (Å²) in [7, 11) is 0. The molecule has 0 heterocycles. The van der Waals surface area contributed by atoms with Gasteiger partial charge in [0.05, 0.1) is 12.2 Å². The third kappa shape index (κ3) is 5.17. The van der Waals surface area contributed by atoms with E-state index in [9.17, 15) is 4.39 Å². The summed E-state index contributed by atoms with van der Waals surface area (Å²) in [5.74, 6) is 5.24. The van der Waals surface area contributed by atoms with Crippen molar-refractivity contribution in [1.29, 1.82) is 0 Å². The van der Waals surface area contributed by atoms with Gasteiger partial charge in [-0.15, -0.1) is 0 Å². The van der Waals surface area contributed by atoms with E-state index in [1.807, 2.05) is 6.92 Å². The number of hydrogen-bond donors (Lipinski definition) is 1. The number of rotatable bonds is 6. The molecule has 0 saturated carbocycles. The Labute approximate surface area is 107 Å². The minimum atomic E-state index is -0.383. The fourth-order valence-corrected chi connectivity index (χ4v) is 1.32. The Morgan fingerprint density at radius 2 is 2.11 bits per heavy atom. The first-order valence-electron chi connectivity index (χ1n) is 5.87. The van der Waals surface area contributed by atoms with Crippen LogP contribution in [0, 0.1) is 17.7 Å². The molecule has 98 valence electrons. The Hall–Kier alpha value is -1.57. The lowest BCUT2D eigenvalue weighted by Crippen LogP contribution is -2.08. The molecule has 0 aliphatic heterocycles. The van der Waals surface area contributed by atoms with E-state index in [1.165, 1.54) is 18.2 Å². The van der Waals surface area contributed by atoms with Crippen LogP contribution < -0.4 is 4.74 Å². The average molecular weight is 252 g/mol. The summed E-state index contributed by atoms with van der Waals surface area (Å²) in [6.45, 7) is 3.33. The first kappa shape index (κ1) is 14.5. The minimum Gasteiger partial charge on any atom is -0.490 e. The Bertz CT molecular complexity index is 421. The van der Waals surface area contributed by atoms with Crippen molar-refractivity contribution in [2.45, 2.75) is 13.3 Å². The molecule has 0 fully saturated rings. The molecule has 0 radical (unpaired) electrons. The van der Waals surface area contributed by atoms with Gasteiger partial charge < -0.3 is 14.6 Å². The highest BCUT2D eigenvalue weighted by Gasteiger charge is 2.03. The van der Waals surface area contributed by atoms with E-state index in [0.717, 1.165) is 6.42 Å². The first-order valence-corrected chi connectivity index (χ1v) is 5.87. The average Bonchev–Trinajstić information content (AvgIpc) is 2.38. The first-order chi connectivity index (χ1) is 8.77. The van der Waals surface area contributed by atoms with Crippen molar-refractivity contribution < 1.29 is 19.0 Å². The highest BCUT2D eigenvalue weighted by Crippen LogP contribution is 2.18. The molecular formula is C14H17FO3. The van der Waals surface area contributed by atoms with Crippen molar-refractivity contribution >= 4 is 0 Å². The second-order valence-electron chi connectivity index (χ2n) is 3.56. The van der Waals surface area contributed by atoms with Crippen LogP contribution in [-0.4, -0.2) is 31.5 Å². The van der Waals surface area contributed by atoms with Crippen molar-refractivity contribution in [3.05, 3.63) is 29.6 Å². The molecule has 0 amide bonds.